The van der Waals surface area contributed by atoms with Gasteiger partial charge in [-0.1, -0.05) is 0 Å². The third kappa shape index (κ3) is 2.82. The second-order valence-corrected chi connectivity index (χ2v) is 3.98. The van der Waals surface area contributed by atoms with Crippen LogP contribution in [0.3, 0.4) is 0 Å². The molecule has 1 heterocycles. The molecule has 0 aromatic heterocycles. The van der Waals surface area contributed by atoms with Gasteiger partial charge in [0.25, 0.3) is 0 Å². The van der Waals surface area contributed by atoms with Crippen LogP contribution in [0.2, 0.25) is 0 Å². The Morgan fingerprint density at radius 1 is 1.58 bits per heavy atom. The highest BCUT2D eigenvalue weighted by molar-refractivity contribution is 7.48. The first-order chi connectivity index (χ1) is 5.66. The predicted octanol–water partition coefficient (Wildman–Crippen LogP) is -0.523. The fourth-order valence-corrected chi connectivity index (χ4v) is 1.94. The summed E-state index contributed by atoms with van der Waals surface area (Å²) in [5.74, 6) is 0. The quantitative estimate of drug-likeness (QED) is 0.591. The van der Waals surface area contributed by atoms with E-state index in [9.17, 15) is 4.57 Å². The molecule has 0 atom stereocenters. The summed E-state index contributed by atoms with van der Waals surface area (Å²) in [6, 6.07) is 0. The van der Waals surface area contributed by atoms with Gasteiger partial charge < -0.3 is 10.8 Å². The van der Waals surface area contributed by atoms with E-state index < -0.39 is 13.9 Å². The van der Waals surface area contributed by atoms with Crippen LogP contribution >= 0.6 is 7.82 Å². The minimum Gasteiger partial charge on any atom is -0.388 e. The number of rotatable bonds is 3. The van der Waals surface area contributed by atoms with Crippen molar-refractivity contribution < 1.29 is 23.2 Å². The number of hydrogen-bond acceptors (Lipinski definition) is 6. The lowest BCUT2D eigenvalue weighted by Crippen LogP contribution is -2.27. The number of aliphatic hydroxyl groups excluding tert-OH is 1. The van der Waals surface area contributed by atoms with Gasteiger partial charge in [0.15, 0.2) is 0 Å². The molecule has 3 N–H and O–H groups in total. The zero-order valence-corrected chi connectivity index (χ0v) is 7.40. The Kier molecular flexibility index (Phi) is 3.64. The highest BCUT2D eigenvalue weighted by atomic mass is 31.2. The minimum absolute atomic E-state index is 0.0259. The highest BCUT2D eigenvalue weighted by Crippen LogP contribution is 2.51. The molecule has 0 aliphatic carbocycles. The summed E-state index contributed by atoms with van der Waals surface area (Å²) >= 11 is 0. The topological polar surface area (TPSA) is 91.0 Å². The van der Waals surface area contributed by atoms with Crippen LogP contribution in [0.4, 0.5) is 0 Å². The molecule has 0 aromatic rings. The van der Waals surface area contributed by atoms with Gasteiger partial charge in [0.05, 0.1) is 19.8 Å². The van der Waals surface area contributed by atoms with Crippen molar-refractivity contribution in [2.24, 2.45) is 5.73 Å². The summed E-state index contributed by atoms with van der Waals surface area (Å²) in [5.41, 5.74) is 5.13. The fourth-order valence-electron chi connectivity index (χ4n) is 0.679. The third-order valence-electron chi connectivity index (χ3n) is 1.22. The average Bonchev–Trinajstić information content (AvgIpc) is 2.08. The van der Waals surface area contributed by atoms with Crippen LogP contribution in [0.5, 0.6) is 0 Å². The monoisotopic (exact) mass is 197 g/mol. The minimum atomic E-state index is -3.41. The summed E-state index contributed by atoms with van der Waals surface area (Å²) in [4.78, 5) is 0. The Hall–Kier alpha value is 0.0300. The second kappa shape index (κ2) is 4.32. The van der Waals surface area contributed by atoms with Gasteiger partial charge in [-0.15, -0.1) is 0 Å². The van der Waals surface area contributed by atoms with Gasteiger partial charge in [0.2, 0.25) is 0 Å². The Bertz CT molecular complexity index is 166. The molecule has 7 heteroatoms. The summed E-state index contributed by atoms with van der Waals surface area (Å²) in [5, 5.41) is 8.92. The van der Waals surface area contributed by atoms with Crippen molar-refractivity contribution >= 4 is 7.82 Å². The largest absolute Gasteiger partial charge is 0.475 e. The van der Waals surface area contributed by atoms with Crippen molar-refractivity contribution in [1.29, 1.82) is 0 Å². The summed E-state index contributed by atoms with van der Waals surface area (Å²) in [6.07, 6.45) is -0.728. The van der Waals surface area contributed by atoms with E-state index in [2.05, 4.69) is 9.05 Å². The standard InChI is InChI=1S/C5H12NO5P/c6-1-2-9-12(8)10-3-5(7)4-11-12/h5,7H,1-4,6H2. The molecule has 0 saturated carbocycles. The van der Waals surface area contributed by atoms with Gasteiger partial charge in [-0.05, 0) is 0 Å². The van der Waals surface area contributed by atoms with Crippen LogP contribution < -0.4 is 5.73 Å². The Morgan fingerprint density at radius 2 is 2.17 bits per heavy atom. The van der Waals surface area contributed by atoms with E-state index in [1.807, 2.05) is 0 Å². The Balaban J connectivity index is 2.34. The zero-order valence-electron chi connectivity index (χ0n) is 6.51. The fraction of sp³-hybridized carbons (Fsp3) is 1.00. The Morgan fingerprint density at radius 3 is 2.67 bits per heavy atom. The number of nitrogens with two attached hydrogens (primary N) is 1. The van der Waals surface area contributed by atoms with E-state index in [-0.39, 0.29) is 26.4 Å². The van der Waals surface area contributed by atoms with Crippen molar-refractivity contribution in [3.63, 3.8) is 0 Å². The molecule has 1 rings (SSSR count). The maximum absolute atomic E-state index is 11.3. The normalized spacial score (nSPS) is 36.7. The first-order valence-corrected chi connectivity index (χ1v) is 5.04. The van der Waals surface area contributed by atoms with Crippen LogP contribution in [-0.2, 0) is 18.1 Å². The molecule has 0 spiro atoms. The lowest BCUT2D eigenvalue weighted by atomic mass is 10.4. The van der Waals surface area contributed by atoms with E-state index in [4.69, 9.17) is 15.4 Å². The number of phosphoric acid groups is 1. The molecule has 1 fully saturated rings. The van der Waals surface area contributed by atoms with Crippen molar-refractivity contribution in [2.45, 2.75) is 6.10 Å². The molecule has 1 aliphatic heterocycles. The molecular weight excluding hydrogens is 185 g/mol. The second-order valence-electron chi connectivity index (χ2n) is 2.31. The van der Waals surface area contributed by atoms with Crippen LogP contribution in [0.1, 0.15) is 0 Å². The van der Waals surface area contributed by atoms with Gasteiger partial charge in [0.1, 0.15) is 6.10 Å². The maximum Gasteiger partial charge on any atom is 0.475 e. The summed E-state index contributed by atoms with van der Waals surface area (Å²) in [6.45, 7) is 0.316. The molecule has 72 valence electrons. The van der Waals surface area contributed by atoms with Crippen molar-refractivity contribution in [1.82, 2.24) is 0 Å². The molecule has 0 radical (unpaired) electrons. The van der Waals surface area contributed by atoms with E-state index in [1.54, 1.807) is 0 Å². The highest BCUT2D eigenvalue weighted by Gasteiger charge is 2.32. The van der Waals surface area contributed by atoms with Gasteiger partial charge in [0, 0.05) is 6.54 Å². The van der Waals surface area contributed by atoms with Gasteiger partial charge in [-0.3, -0.25) is 13.6 Å². The van der Waals surface area contributed by atoms with E-state index in [0.29, 0.717) is 0 Å². The summed E-state index contributed by atoms with van der Waals surface area (Å²) in [7, 11) is -3.41. The Labute approximate surface area is 70.2 Å². The lowest BCUT2D eigenvalue weighted by molar-refractivity contribution is -0.0133. The van der Waals surface area contributed by atoms with Crippen molar-refractivity contribution in [3.8, 4) is 0 Å². The number of aliphatic hydroxyl groups is 1. The van der Waals surface area contributed by atoms with Crippen LogP contribution in [0.15, 0.2) is 0 Å². The first kappa shape index (κ1) is 10.1. The van der Waals surface area contributed by atoms with Gasteiger partial charge >= 0.3 is 7.82 Å². The predicted molar refractivity (Wildman–Crippen MR) is 40.5 cm³/mol. The number of hydrogen-bond donors (Lipinski definition) is 2. The molecule has 12 heavy (non-hydrogen) atoms. The molecule has 0 unspecified atom stereocenters. The van der Waals surface area contributed by atoms with Gasteiger partial charge in [-0.2, -0.15) is 0 Å². The van der Waals surface area contributed by atoms with E-state index >= 15 is 0 Å². The molecule has 0 amide bonds. The maximum atomic E-state index is 11.3. The SMILES string of the molecule is NCCOP1(=O)OCC(O)CO1. The van der Waals surface area contributed by atoms with Crippen LogP contribution in [0.25, 0.3) is 0 Å². The van der Waals surface area contributed by atoms with E-state index in [0.717, 1.165) is 0 Å². The molecule has 1 aliphatic rings. The zero-order chi connectivity index (χ0) is 9.03. The third-order valence-corrected chi connectivity index (χ3v) is 2.65. The molecule has 0 bridgehead atoms. The molecule has 0 aromatic carbocycles. The molecular formula is C5H12NO5P. The summed E-state index contributed by atoms with van der Waals surface area (Å²) < 4.78 is 25.4. The molecule has 1 saturated heterocycles. The lowest BCUT2D eigenvalue weighted by Gasteiger charge is -2.24. The average molecular weight is 197 g/mol. The van der Waals surface area contributed by atoms with Crippen LogP contribution in [0, 0.1) is 0 Å². The molecule has 6 nitrogen and oxygen atoms in total. The first-order valence-electron chi connectivity index (χ1n) is 3.58. The van der Waals surface area contributed by atoms with Crippen molar-refractivity contribution in [2.75, 3.05) is 26.4 Å². The smallest absolute Gasteiger partial charge is 0.388 e. The number of phosphoric ester groups is 1. The van der Waals surface area contributed by atoms with Gasteiger partial charge in [-0.25, -0.2) is 4.57 Å². The van der Waals surface area contributed by atoms with Crippen molar-refractivity contribution in [3.05, 3.63) is 0 Å². The van der Waals surface area contributed by atoms with Crippen LogP contribution in [-0.4, -0.2) is 37.6 Å². The van der Waals surface area contributed by atoms with E-state index in [1.165, 1.54) is 0 Å².